The minimum absolute atomic E-state index is 0.0150. The topological polar surface area (TPSA) is 76.7 Å². The summed E-state index contributed by atoms with van der Waals surface area (Å²) in [6.07, 6.45) is 1.80. The zero-order valence-electron chi connectivity index (χ0n) is 24.3. The number of anilines is 3. The lowest BCUT2D eigenvalue weighted by molar-refractivity contribution is 0.0736. The number of nitrogens with one attached hydrogen (secondary N) is 3. The molecule has 2 aliphatic heterocycles. The van der Waals surface area contributed by atoms with Crippen LogP contribution < -0.4 is 20.9 Å². The van der Waals surface area contributed by atoms with Crippen LogP contribution in [0.25, 0.3) is 5.57 Å². The quantitative estimate of drug-likeness (QED) is 0.248. The van der Waals surface area contributed by atoms with E-state index >= 15 is 0 Å². The number of para-hydroxylation sites is 1. The van der Waals surface area contributed by atoms with E-state index in [9.17, 15) is 9.59 Å². The fourth-order valence-corrected chi connectivity index (χ4v) is 5.95. The summed E-state index contributed by atoms with van der Waals surface area (Å²) in [5.41, 5.74) is 8.02. The van der Waals surface area contributed by atoms with Crippen molar-refractivity contribution >= 4 is 34.6 Å². The number of piperazine rings is 1. The maximum Gasteiger partial charge on any atom is 0.323 e. The Labute approximate surface area is 253 Å². The first-order chi connectivity index (χ1) is 21.2. The molecule has 4 aromatic carbocycles. The Morgan fingerprint density at radius 3 is 1.81 bits per heavy atom. The van der Waals surface area contributed by atoms with E-state index in [0.717, 1.165) is 44.7 Å². The number of hydrogen-bond donors (Lipinski definition) is 3. The van der Waals surface area contributed by atoms with Crippen molar-refractivity contribution in [2.24, 2.45) is 0 Å². The highest BCUT2D eigenvalue weighted by Crippen LogP contribution is 2.36. The second kappa shape index (κ2) is 13.4. The molecule has 4 aromatic rings. The van der Waals surface area contributed by atoms with E-state index in [1.54, 1.807) is 0 Å². The lowest BCUT2D eigenvalue weighted by atomic mass is 9.88. The summed E-state index contributed by atoms with van der Waals surface area (Å²) in [5.74, 6) is -0.0150. The molecule has 218 valence electrons. The molecule has 0 aliphatic carbocycles. The monoisotopic (exact) mass is 571 g/mol. The van der Waals surface area contributed by atoms with Crippen molar-refractivity contribution < 1.29 is 9.59 Å². The number of nitrogens with zero attached hydrogens (tertiary/aromatic N) is 2. The zero-order valence-corrected chi connectivity index (χ0v) is 24.3. The molecule has 2 heterocycles. The first kappa shape index (κ1) is 28.2. The summed E-state index contributed by atoms with van der Waals surface area (Å²) in [6, 6.07) is 35.9. The van der Waals surface area contributed by atoms with Crippen LogP contribution in [-0.2, 0) is 0 Å². The molecule has 0 spiro atoms. The lowest BCUT2D eigenvalue weighted by Crippen LogP contribution is -2.46. The van der Waals surface area contributed by atoms with E-state index in [-0.39, 0.29) is 11.9 Å². The molecule has 0 aromatic heterocycles. The zero-order chi connectivity index (χ0) is 29.4. The Morgan fingerprint density at radius 2 is 1.21 bits per heavy atom. The van der Waals surface area contributed by atoms with E-state index in [1.807, 2.05) is 53.4 Å². The summed E-state index contributed by atoms with van der Waals surface area (Å²) >= 11 is 0. The van der Waals surface area contributed by atoms with Crippen molar-refractivity contribution in [2.45, 2.75) is 12.8 Å². The number of amides is 3. The molecule has 0 radical (unpaired) electrons. The number of benzene rings is 4. The van der Waals surface area contributed by atoms with Gasteiger partial charge in [0.05, 0.1) is 11.4 Å². The molecule has 0 atom stereocenters. The standard InChI is InChI=1S/C36H37N5O2/c42-35(41-24-20-37-21-25-41)30-16-17-33(32(26-30)39-36(43)38-31-14-8-3-9-15-31)40-22-18-29(19-23-40)34(27-10-4-1-5-11-27)28-12-6-2-7-13-28/h1-17,26,37H,18-25H2,(H2,38,39,43). The van der Waals surface area contributed by atoms with Gasteiger partial charge in [0.2, 0.25) is 0 Å². The molecule has 0 saturated carbocycles. The molecule has 7 nitrogen and oxygen atoms in total. The Morgan fingerprint density at radius 1 is 0.628 bits per heavy atom. The first-order valence-corrected chi connectivity index (χ1v) is 15.0. The third-order valence-electron chi connectivity index (χ3n) is 8.11. The summed E-state index contributed by atoms with van der Waals surface area (Å²) < 4.78 is 0. The minimum atomic E-state index is -0.341. The highest BCUT2D eigenvalue weighted by atomic mass is 16.2. The fraction of sp³-hybridized carbons (Fsp3) is 0.222. The largest absolute Gasteiger partial charge is 0.369 e. The number of carbonyl (C=O) groups is 2. The van der Waals surface area contributed by atoms with Crippen molar-refractivity contribution in [1.82, 2.24) is 10.2 Å². The SMILES string of the molecule is O=C(Nc1ccccc1)Nc1cc(C(=O)N2CCNCC2)ccc1N1CCC(=C(c2ccccc2)c2ccccc2)CC1. The van der Waals surface area contributed by atoms with Gasteiger partial charge in [-0.1, -0.05) is 84.4 Å². The molecular weight excluding hydrogens is 534 g/mol. The van der Waals surface area contributed by atoms with E-state index < -0.39 is 0 Å². The summed E-state index contributed by atoms with van der Waals surface area (Å²) in [4.78, 5) is 30.6. The van der Waals surface area contributed by atoms with Crippen molar-refractivity contribution in [3.8, 4) is 0 Å². The van der Waals surface area contributed by atoms with Crippen LogP contribution in [0.15, 0.2) is 115 Å². The van der Waals surface area contributed by atoms with Gasteiger partial charge in [-0.3, -0.25) is 4.79 Å². The van der Waals surface area contributed by atoms with Crippen LogP contribution in [0.1, 0.15) is 34.3 Å². The van der Waals surface area contributed by atoms with Gasteiger partial charge >= 0.3 is 6.03 Å². The number of carbonyl (C=O) groups excluding carboxylic acids is 2. The summed E-state index contributed by atoms with van der Waals surface area (Å²) in [6.45, 7) is 4.52. The van der Waals surface area contributed by atoms with E-state index in [4.69, 9.17) is 0 Å². The predicted molar refractivity (Wildman–Crippen MR) is 175 cm³/mol. The van der Waals surface area contributed by atoms with Gasteiger partial charge in [-0.2, -0.15) is 0 Å². The highest BCUT2D eigenvalue weighted by Gasteiger charge is 2.24. The first-order valence-electron chi connectivity index (χ1n) is 15.0. The average molecular weight is 572 g/mol. The van der Waals surface area contributed by atoms with Gasteiger partial charge in [0.1, 0.15) is 0 Å². The molecule has 43 heavy (non-hydrogen) atoms. The Balaban J connectivity index is 1.27. The normalized spacial score (nSPS) is 15.1. The van der Waals surface area contributed by atoms with Crippen molar-refractivity contribution in [3.63, 3.8) is 0 Å². The molecule has 3 amide bonds. The van der Waals surface area contributed by atoms with Gasteiger partial charge in [-0.25, -0.2) is 4.79 Å². The van der Waals surface area contributed by atoms with Crippen molar-refractivity contribution in [2.75, 3.05) is 54.8 Å². The number of urea groups is 1. The van der Waals surface area contributed by atoms with Crippen LogP contribution in [-0.4, -0.2) is 56.1 Å². The lowest BCUT2D eigenvalue weighted by Gasteiger charge is -2.34. The van der Waals surface area contributed by atoms with E-state index in [0.29, 0.717) is 30.0 Å². The van der Waals surface area contributed by atoms with Crippen molar-refractivity contribution in [1.29, 1.82) is 0 Å². The molecular formula is C36H37N5O2. The van der Waals surface area contributed by atoms with Crippen LogP contribution in [0.2, 0.25) is 0 Å². The Bertz CT molecular complexity index is 1530. The Hall–Kier alpha value is -4.88. The van der Waals surface area contributed by atoms with Crippen LogP contribution in [0.3, 0.4) is 0 Å². The molecule has 0 bridgehead atoms. The molecule has 3 N–H and O–H groups in total. The average Bonchev–Trinajstić information content (AvgIpc) is 3.07. The van der Waals surface area contributed by atoms with Gasteiger partial charge in [-0.05, 0) is 59.9 Å². The van der Waals surface area contributed by atoms with Gasteiger partial charge < -0.3 is 25.8 Å². The number of rotatable bonds is 6. The third kappa shape index (κ3) is 6.79. The molecule has 2 fully saturated rings. The predicted octanol–water partition coefficient (Wildman–Crippen LogP) is 6.48. The van der Waals surface area contributed by atoms with Gasteiger partial charge in [-0.15, -0.1) is 0 Å². The van der Waals surface area contributed by atoms with Gasteiger partial charge in [0.15, 0.2) is 0 Å². The van der Waals surface area contributed by atoms with Crippen LogP contribution in [0.4, 0.5) is 21.9 Å². The van der Waals surface area contributed by atoms with Crippen LogP contribution in [0, 0.1) is 0 Å². The molecule has 2 aliphatic rings. The summed E-state index contributed by atoms with van der Waals surface area (Å²) in [7, 11) is 0. The van der Waals surface area contributed by atoms with Crippen LogP contribution in [0.5, 0.6) is 0 Å². The second-order valence-corrected chi connectivity index (χ2v) is 10.9. The van der Waals surface area contributed by atoms with E-state index in [1.165, 1.54) is 22.3 Å². The highest BCUT2D eigenvalue weighted by molar-refractivity contribution is 6.04. The van der Waals surface area contributed by atoms with E-state index in [2.05, 4.69) is 81.5 Å². The minimum Gasteiger partial charge on any atom is -0.369 e. The van der Waals surface area contributed by atoms with Gasteiger partial charge in [0, 0.05) is 50.5 Å². The number of hydrogen-bond acceptors (Lipinski definition) is 4. The molecule has 6 rings (SSSR count). The third-order valence-corrected chi connectivity index (χ3v) is 8.11. The smallest absolute Gasteiger partial charge is 0.323 e. The van der Waals surface area contributed by atoms with Crippen molar-refractivity contribution in [3.05, 3.63) is 131 Å². The molecule has 0 unspecified atom stereocenters. The van der Waals surface area contributed by atoms with Gasteiger partial charge in [0.25, 0.3) is 5.91 Å². The number of piperidine rings is 1. The fourth-order valence-electron chi connectivity index (χ4n) is 5.95. The Kier molecular flexibility index (Phi) is 8.80. The maximum absolute atomic E-state index is 13.4. The molecule has 2 saturated heterocycles. The van der Waals surface area contributed by atoms with Crippen LogP contribution >= 0.6 is 0 Å². The maximum atomic E-state index is 13.4. The molecule has 7 heteroatoms. The second-order valence-electron chi connectivity index (χ2n) is 10.9. The summed E-state index contributed by atoms with van der Waals surface area (Å²) in [5, 5.41) is 9.26.